The van der Waals surface area contributed by atoms with E-state index in [0.717, 1.165) is 37.3 Å². The van der Waals surface area contributed by atoms with Crippen LogP contribution < -0.4 is 10.1 Å². The number of pyridine rings is 1. The van der Waals surface area contributed by atoms with Crippen molar-refractivity contribution in [3.63, 3.8) is 0 Å². The maximum absolute atomic E-state index is 5.83. The monoisotopic (exact) mass is 275 g/mol. The highest BCUT2D eigenvalue weighted by atomic mass is 16.5. The van der Waals surface area contributed by atoms with Crippen molar-refractivity contribution in [3.05, 3.63) is 23.4 Å². The average Bonchev–Trinajstić information content (AvgIpc) is 3.12. The molecule has 0 spiro atoms. The SMILES string of the molecule is Cc1cc(CNC2CC2)cc(OCCN2CCCC2)n1. The van der Waals surface area contributed by atoms with Crippen LogP contribution in [-0.4, -0.2) is 42.2 Å². The van der Waals surface area contributed by atoms with Crippen molar-refractivity contribution >= 4 is 0 Å². The van der Waals surface area contributed by atoms with E-state index >= 15 is 0 Å². The molecule has 1 saturated carbocycles. The largest absolute Gasteiger partial charge is 0.476 e. The first-order chi connectivity index (χ1) is 9.79. The van der Waals surface area contributed by atoms with E-state index in [1.165, 1.54) is 44.3 Å². The number of hydrogen-bond donors (Lipinski definition) is 1. The molecule has 1 saturated heterocycles. The summed E-state index contributed by atoms with van der Waals surface area (Å²) in [5.74, 6) is 0.775. The number of ether oxygens (including phenoxy) is 1. The fourth-order valence-corrected chi connectivity index (χ4v) is 2.72. The lowest BCUT2D eigenvalue weighted by molar-refractivity contribution is 0.231. The van der Waals surface area contributed by atoms with Crippen LogP contribution in [0.25, 0.3) is 0 Å². The normalized spacial score (nSPS) is 19.4. The van der Waals surface area contributed by atoms with Gasteiger partial charge in [-0.2, -0.15) is 0 Å². The Labute approximate surface area is 121 Å². The second-order valence-corrected chi connectivity index (χ2v) is 6.01. The zero-order valence-corrected chi connectivity index (χ0v) is 12.4. The maximum Gasteiger partial charge on any atom is 0.213 e. The number of likely N-dealkylation sites (tertiary alicyclic amines) is 1. The molecule has 0 unspecified atom stereocenters. The molecule has 2 aliphatic rings. The lowest BCUT2D eigenvalue weighted by Crippen LogP contribution is -2.25. The van der Waals surface area contributed by atoms with Crippen molar-refractivity contribution in [2.45, 2.75) is 45.2 Å². The van der Waals surface area contributed by atoms with E-state index in [1.807, 2.05) is 6.92 Å². The standard InChI is InChI=1S/C16H25N3O/c1-13-10-14(12-17-15-4-5-15)11-16(18-13)20-9-8-19-6-2-3-7-19/h10-11,15,17H,2-9,12H2,1H3. The topological polar surface area (TPSA) is 37.4 Å². The molecule has 0 bridgehead atoms. The van der Waals surface area contributed by atoms with Gasteiger partial charge in [0, 0.05) is 30.9 Å². The quantitative estimate of drug-likeness (QED) is 0.827. The van der Waals surface area contributed by atoms with Gasteiger partial charge in [-0.15, -0.1) is 0 Å². The van der Waals surface area contributed by atoms with E-state index in [4.69, 9.17) is 4.74 Å². The molecule has 1 aliphatic carbocycles. The number of nitrogens with zero attached hydrogens (tertiary/aromatic N) is 2. The molecule has 20 heavy (non-hydrogen) atoms. The Kier molecular flexibility index (Phi) is 4.53. The highest BCUT2D eigenvalue weighted by Crippen LogP contribution is 2.20. The van der Waals surface area contributed by atoms with Gasteiger partial charge in [0.15, 0.2) is 0 Å². The van der Waals surface area contributed by atoms with Crippen LogP contribution in [0.3, 0.4) is 0 Å². The lowest BCUT2D eigenvalue weighted by atomic mass is 10.2. The Balaban J connectivity index is 1.48. The summed E-state index contributed by atoms with van der Waals surface area (Å²) < 4.78 is 5.83. The molecule has 2 heterocycles. The molecule has 1 aromatic heterocycles. The summed E-state index contributed by atoms with van der Waals surface area (Å²) in [7, 11) is 0. The van der Waals surface area contributed by atoms with Gasteiger partial charge in [0.25, 0.3) is 0 Å². The van der Waals surface area contributed by atoms with Crippen LogP contribution in [0.2, 0.25) is 0 Å². The highest BCUT2D eigenvalue weighted by molar-refractivity contribution is 5.24. The van der Waals surface area contributed by atoms with Crippen molar-refractivity contribution in [2.75, 3.05) is 26.2 Å². The second-order valence-electron chi connectivity index (χ2n) is 6.01. The van der Waals surface area contributed by atoms with Gasteiger partial charge in [-0.1, -0.05) is 0 Å². The maximum atomic E-state index is 5.83. The van der Waals surface area contributed by atoms with Gasteiger partial charge in [-0.25, -0.2) is 4.98 Å². The smallest absolute Gasteiger partial charge is 0.213 e. The number of nitrogens with one attached hydrogen (secondary N) is 1. The van der Waals surface area contributed by atoms with Crippen LogP contribution in [0, 0.1) is 6.92 Å². The van der Waals surface area contributed by atoms with Gasteiger partial charge < -0.3 is 10.1 Å². The van der Waals surface area contributed by atoms with E-state index in [0.29, 0.717) is 0 Å². The Morgan fingerprint density at radius 1 is 1.30 bits per heavy atom. The number of hydrogen-bond acceptors (Lipinski definition) is 4. The minimum absolute atomic E-state index is 0.739. The Morgan fingerprint density at radius 3 is 2.85 bits per heavy atom. The predicted octanol–water partition coefficient (Wildman–Crippen LogP) is 2.12. The summed E-state index contributed by atoms with van der Waals surface area (Å²) >= 11 is 0. The van der Waals surface area contributed by atoms with E-state index in [9.17, 15) is 0 Å². The zero-order valence-electron chi connectivity index (χ0n) is 12.4. The van der Waals surface area contributed by atoms with E-state index < -0.39 is 0 Å². The van der Waals surface area contributed by atoms with Crippen LogP contribution in [0.4, 0.5) is 0 Å². The van der Waals surface area contributed by atoms with Crippen LogP contribution in [0.1, 0.15) is 36.9 Å². The predicted molar refractivity (Wildman–Crippen MR) is 80.0 cm³/mol. The summed E-state index contributed by atoms with van der Waals surface area (Å²) in [4.78, 5) is 6.94. The van der Waals surface area contributed by atoms with Gasteiger partial charge >= 0.3 is 0 Å². The van der Waals surface area contributed by atoms with Crippen LogP contribution in [0.15, 0.2) is 12.1 Å². The molecular weight excluding hydrogens is 250 g/mol. The average molecular weight is 275 g/mol. The highest BCUT2D eigenvalue weighted by Gasteiger charge is 2.20. The van der Waals surface area contributed by atoms with Crippen molar-refractivity contribution in [1.82, 2.24) is 15.2 Å². The minimum atomic E-state index is 0.739. The van der Waals surface area contributed by atoms with Crippen LogP contribution in [-0.2, 0) is 6.54 Å². The van der Waals surface area contributed by atoms with Gasteiger partial charge in [0.2, 0.25) is 5.88 Å². The van der Waals surface area contributed by atoms with Crippen molar-refractivity contribution in [2.24, 2.45) is 0 Å². The van der Waals surface area contributed by atoms with Gasteiger partial charge in [0.05, 0.1) is 0 Å². The Hall–Kier alpha value is -1.13. The van der Waals surface area contributed by atoms with Crippen molar-refractivity contribution < 1.29 is 4.74 Å². The molecule has 0 aromatic carbocycles. The molecular formula is C16H25N3O. The molecule has 0 amide bonds. The fraction of sp³-hybridized carbons (Fsp3) is 0.688. The summed E-state index contributed by atoms with van der Waals surface area (Å²) in [5, 5.41) is 3.54. The molecule has 0 atom stereocenters. The first-order valence-corrected chi connectivity index (χ1v) is 7.86. The summed E-state index contributed by atoms with van der Waals surface area (Å²) in [6.07, 6.45) is 5.31. The summed E-state index contributed by atoms with van der Waals surface area (Å²) in [6.45, 7) is 7.17. The molecule has 4 heteroatoms. The summed E-state index contributed by atoms with van der Waals surface area (Å²) in [6, 6.07) is 4.96. The molecule has 4 nitrogen and oxygen atoms in total. The van der Waals surface area contributed by atoms with E-state index in [-0.39, 0.29) is 0 Å². The third kappa shape index (κ3) is 4.18. The zero-order chi connectivity index (χ0) is 13.8. The number of aromatic nitrogens is 1. The Morgan fingerprint density at radius 2 is 2.10 bits per heavy atom. The van der Waals surface area contributed by atoms with Crippen LogP contribution in [0.5, 0.6) is 5.88 Å². The third-order valence-corrected chi connectivity index (χ3v) is 4.02. The van der Waals surface area contributed by atoms with Crippen molar-refractivity contribution in [1.29, 1.82) is 0 Å². The second kappa shape index (κ2) is 6.55. The van der Waals surface area contributed by atoms with Gasteiger partial charge in [-0.3, -0.25) is 4.90 Å². The third-order valence-electron chi connectivity index (χ3n) is 4.02. The molecule has 1 aliphatic heterocycles. The van der Waals surface area contributed by atoms with E-state index in [1.54, 1.807) is 0 Å². The van der Waals surface area contributed by atoms with Crippen molar-refractivity contribution in [3.8, 4) is 5.88 Å². The summed E-state index contributed by atoms with van der Waals surface area (Å²) in [5.41, 5.74) is 2.32. The number of rotatable bonds is 7. The van der Waals surface area contributed by atoms with Gasteiger partial charge in [-0.05, 0) is 57.3 Å². The molecule has 0 radical (unpaired) electrons. The minimum Gasteiger partial charge on any atom is -0.476 e. The lowest BCUT2D eigenvalue weighted by Gasteiger charge is -2.15. The van der Waals surface area contributed by atoms with Crippen LogP contribution >= 0.6 is 0 Å². The van der Waals surface area contributed by atoms with Gasteiger partial charge in [0.1, 0.15) is 6.61 Å². The molecule has 110 valence electrons. The molecule has 1 N–H and O–H groups in total. The fourth-order valence-electron chi connectivity index (χ4n) is 2.72. The number of aryl methyl sites for hydroxylation is 1. The first-order valence-electron chi connectivity index (χ1n) is 7.86. The Bertz CT molecular complexity index is 439. The molecule has 2 fully saturated rings. The van der Waals surface area contributed by atoms with E-state index in [2.05, 4.69) is 27.3 Å². The molecule has 1 aromatic rings. The molecule has 3 rings (SSSR count). The first kappa shape index (κ1) is 13.8.